The van der Waals surface area contributed by atoms with Gasteiger partial charge in [0.25, 0.3) is 0 Å². The first-order valence-electron chi connectivity index (χ1n) is 8.13. The van der Waals surface area contributed by atoms with Crippen molar-refractivity contribution in [3.05, 3.63) is 29.3 Å². The van der Waals surface area contributed by atoms with Gasteiger partial charge in [-0.2, -0.15) is 0 Å². The zero-order chi connectivity index (χ0) is 17.5. The van der Waals surface area contributed by atoms with Crippen LogP contribution in [-0.4, -0.2) is 50.7 Å². The van der Waals surface area contributed by atoms with Crippen LogP contribution in [0.5, 0.6) is 5.75 Å². The van der Waals surface area contributed by atoms with E-state index in [-0.39, 0.29) is 5.54 Å². The van der Waals surface area contributed by atoms with Gasteiger partial charge in [-0.05, 0) is 53.4 Å². The maximum absolute atomic E-state index is 5.45. The molecule has 0 radical (unpaired) electrons. The summed E-state index contributed by atoms with van der Waals surface area (Å²) >= 11 is 0. The minimum atomic E-state index is 0.0533. The van der Waals surface area contributed by atoms with E-state index in [1.54, 1.807) is 7.11 Å². The molecule has 5 heteroatoms. The summed E-state index contributed by atoms with van der Waals surface area (Å²) in [5.41, 5.74) is 2.33. The van der Waals surface area contributed by atoms with E-state index in [4.69, 9.17) is 4.74 Å². The smallest absolute Gasteiger partial charge is 0.191 e. The molecule has 0 spiro atoms. The molecule has 0 unspecified atom stereocenters. The van der Waals surface area contributed by atoms with E-state index in [1.807, 2.05) is 6.07 Å². The third kappa shape index (κ3) is 6.10. The van der Waals surface area contributed by atoms with Crippen molar-refractivity contribution in [2.75, 3.05) is 34.3 Å². The van der Waals surface area contributed by atoms with Crippen molar-refractivity contribution in [3.8, 4) is 5.75 Å². The van der Waals surface area contributed by atoms with Crippen LogP contribution >= 0.6 is 0 Å². The third-order valence-electron chi connectivity index (χ3n) is 4.09. The normalized spacial score (nSPS) is 12.4. The first-order chi connectivity index (χ1) is 10.8. The molecule has 130 valence electrons. The topological polar surface area (TPSA) is 48.9 Å². The fourth-order valence-electron chi connectivity index (χ4n) is 1.95. The van der Waals surface area contributed by atoms with Crippen LogP contribution < -0.4 is 15.4 Å². The molecule has 0 heterocycles. The first-order valence-corrected chi connectivity index (χ1v) is 8.13. The Hall–Kier alpha value is -1.75. The Kier molecular flexibility index (Phi) is 7.36. The van der Waals surface area contributed by atoms with E-state index < -0.39 is 0 Å². The second kappa shape index (κ2) is 8.77. The fourth-order valence-corrected chi connectivity index (χ4v) is 1.95. The Bertz CT molecular complexity index is 524. The predicted molar refractivity (Wildman–Crippen MR) is 98.3 cm³/mol. The van der Waals surface area contributed by atoms with Crippen molar-refractivity contribution in [1.29, 1.82) is 0 Å². The summed E-state index contributed by atoms with van der Waals surface area (Å²) < 4.78 is 5.45. The highest BCUT2D eigenvalue weighted by molar-refractivity contribution is 5.79. The first kappa shape index (κ1) is 19.3. The van der Waals surface area contributed by atoms with E-state index in [2.05, 4.69) is 74.4 Å². The van der Waals surface area contributed by atoms with Gasteiger partial charge < -0.3 is 20.3 Å². The number of rotatable bonds is 7. The van der Waals surface area contributed by atoms with Gasteiger partial charge in [-0.15, -0.1) is 0 Å². The molecule has 0 saturated heterocycles. The van der Waals surface area contributed by atoms with Gasteiger partial charge in [-0.1, -0.05) is 12.1 Å². The zero-order valence-corrected chi connectivity index (χ0v) is 15.7. The summed E-state index contributed by atoms with van der Waals surface area (Å²) in [4.78, 5) is 6.88. The van der Waals surface area contributed by atoms with Crippen molar-refractivity contribution in [1.82, 2.24) is 15.5 Å². The number of methoxy groups -OCH3 is 1. The van der Waals surface area contributed by atoms with Crippen molar-refractivity contribution in [2.45, 2.75) is 39.8 Å². The van der Waals surface area contributed by atoms with Gasteiger partial charge in [0.2, 0.25) is 0 Å². The lowest BCUT2D eigenvalue weighted by molar-refractivity contribution is 0.197. The van der Waals surface area contributed by atoms with Gasteiger partial charge in [0.1, 0.15) is 5.75 Å². The molecule has 0 aliphatic rings. The number of nitrogens with one attached hydrogen (secondary N) is 2. The summed E-state index contributed by atoms with van der Waals surface area (Å²) in [6, 6.07) is 6.20. The van der Waals surface area contributed by atoms with Gasteiger partial charge in [0.05, 0.1) is 13.7 Å². The average Bonchev–Trinajstić information content (AvgIpc) is 2.50. The van der Waals surface area contributed by atoms with Crippen LogP contribution in [-0.2, 0) is 6.54 Å². The van der Waals surface area contributed by atoms with E-state index in [9.17, 15) is 0 Å². The number of guanidine groups is 1. The number of hydrogen-bond acceptors (Lipinski definition) is 3. The molecule has 1 rings (SSSR count). The largest absolute Gasteiger partial charge is 0.496 e. The average molecular weight is 320 g/mol. The summed E-state index contributed by atoms with van der Waals surface area (Å²) in [5, 5.41) is 6.71. The monoisotopic (exact) mass is 320 g/mol. The Morgan fingerprint density at radius 1 is 1.26 bits per heavy atom. The van der Waals surface area contributed by atoms with Gasteiger partial charge in [0.15, 0.2) is 5.96 Å². The van der Waals surface area contributed by atoms with Crippen molar-refractivity contribution in [2.24, 2.45) is 4.99 Å². The van der Waals surface area contributed by atoms with E-state index >= 15 is 0 Å². The molecule has 23 heavy (non-hydrogen) atoms. The standard InChI is InChI=1S/C18H32N4O/c1-8-19-17(21-13-18(3,4)22(5)6)20-12-15-10-9-14(2)11-16(15)23-7/h9-11H,8,12-13H2,1-7H3,(H2,19,20,21). The molecule has 0 saturated carbocycles. The Balaban J connectivity index is 2.79. The van der Waals surface area contributed by atoms with Crippen LogP contribution in [0, 0.1) is 6.92 Å². The molecule has 0 atom stereocenters. The van der Waals surface area contributed by atoms with Gasteiger partial charge >= 0.3 is 0 Å². The summed E-state index contributed by atoms with van der Waals surface area (Å²) in [5.74, 6) is 1.71. The number of ether oxygens (including phenoxy) is 1. The molecule has 5 nitrogen and oxygen atoms in total. The van der Waals surface area contributed by atoms with Crippen LogP contribution in [0.1, 0.15) is 31.9 Å². The number of hydrogen-bond donors (Lipinski definition) is 2. The Morgan fingerprint density at radius 2 is 1.96 bits per heavy atom. The molecule has 0 amide bonds. The molecule has 0 aliphatic heterocycles. The van der Waals surface area contributed by atoms with Gasteiger partial charge in [0, 0.05) is 24.2 Å². The Morgan fingerprint density at radius 3 is 2.52 bits per heavy atom. The van der Waals surface area contributed by atoms with E-state index in [0.29, 0.717) is 6.54 Å². The molecule has 0 fully saturated rings. The van der Waals surface area contributed by atoms with Crippen molar-refractivity contribution < 1.29 is 4.74 Å². The quantitative estimate of drug-likeness (QED) is 0.598. The van der Waals surface area contributed by atoms with Crippen LogP contribution in [0.25, 0.3) is 0 Å². The molecule has 1 aromatic rings. The summed E-state index contributed by atoms with van der Waals surface area (Å²) in [7, 11) is 5.87. The maximum atomic E-state index is 5.45. The minimum absolute atomic E-state index is 0.0533. The van der Waals surface area contributed by atoms with Crippen LogP contribution in [0.3, 0.4) is 0 Å². The van der Waals surface area contributed by atoms with Crippen LogP contribution in [0.2, 0.25) is 0 Å². The van der Waals surface area contributed by atoms with E-state index in [1.165, 1.54) is 5.56 Å². The second-order valence-electron chi connectivity index (χ2n) is 6.57. The fraction of sp³-hybridized carbons (Fsp3) is 0.611. The van der Waals surface area contributed by atoms with Crippen molar-refractivity contribution in [3.63, 3.8) is 0 Å². The lowest BCUT2D eigenvalue weighted by atomic mass is 10.0. The number of benzene rings is 1. The highest BCUT2D eigenvalue weighted by Gasteiger charge is 2.20. The van der Waals surface area contributed by atoms with E-state index in [0.717, 1.165) is 30.4 Å². The summed E-state index contributed by atoms with van der Waals surface area (Å²) in [6.45, 7) is 10.8. The predicted octanol–water partition coefficient (Wildman–Crippen LogP) is 2.40. The highest BCUT2D eigenvalue weighted by Crippen LogP contribution is 2.20. The molecule has 1 aromatic carbocycles. The maximum Gasteiger partial charge on any atom is 0.191 e. The molecule has 0 aromatic heterocycles. The number of aliphatic imine (C=N–C) groups is 1. The second-order valence-corrected chi connectivity index (χ2v) is 6.57. The molecule has 0 aliphatic carbocycles. The van der Waals surface area contributed by atoms with Gasteiger partial charge in [-0.25, -0.2) is 4.99 Å². The van der Waals surface area contributed by atoms with Crippen molar-refractivity contribution >= 4 is 5.96 Å². The highest BCUT2D eigenvalue weighted by atomic mass is 16.5. The minimum Gasteiger partial charge on any atom is -0.496 e. The number of nitrogens with zero attached hydrogens (tertiary/aromatic N) is 2. The SMILES string of the molecule is CCNC(=NCc1ccc(C)cc1OC)NCC(C)(C)N(C)C. The Labute approximate surface area is 141 Å². The molecule has 2 N–H and O–H groups in total. The molecule has 0 bridgehead atoms. The number of likely N-dealkylation sites (N-methyl/N-ethyl adjacent to an activating group) is 1. The number of aryl methyl sites for hydroxylation is 1. The summed E-state index contributed by atoms with van der Waals surface area (Å²) in [6.07, 6.45) is 0. The lowest BCUT2D eigenvalue weighted by Gasteiger charge is -2.33. The third-order valence-corrected chi connectivity index (χ3v) is 4.09. The zero-order valence-electron chi connectivity index (χ0n) is 15.7. The molecular weight excluding hydrogens is 288 g/mol. The van der Waals surface area contributed by atoms with Gasteiger partial charge in [-0.3, -0.25) is 0 Å². The molecular formula is C18H32N4O. The lowest BCUT2D eigenvalue weighted by Crippen LogP contribution is -2.50. The van der Waals surface area contributed by atoms with Crippen LogP contribution in [0.4, 0.5) is 0 Å². The van der Waals surface area contributed by atoms with Crippen LogP contribution in [0.15, 0.2) is 23.2 Å².